The predicted octanol–water partition coefficient (Wildman–Crippen LogP) is 3.45. The molecule has 6 heteroatoms. The highest BCUT2D eigenvalue weighted by Gasteiger charge is 2.35. The molecule has 1 atom stereocenters. The van der Waals surface area contributed by atoms with Gasteiger partial charge in [0.25, 0.3) is 0 Å². The van der Waals surface area contributed by atoms with E-state index in [1.54, 1.807) is 21.7 Å². The summed E-state index contributed by atoms with van der Waals surface area (Å²) in [6, 6.07) is 0. The van der Waals surface area contributed by atoms with Gasteiger partial charge in [-0.25, -0.2) is 4.79 Å². The maximum absolute atomic E-state index is 12.2. The topological polar surface area (TPSA) is 51.7 Å². The van der Waals surface area contributed by atoms with Gasteiger partial charge in [-0.2, -0.15) is 0 Å². The third-order valence-electron chi connectivity index (χ3n) is 3.36. The molecule has 1 fully saturated rings. The van der Waals surface area contributed by atoms with Crippen LogP contribution in [-0.2, 0) is 16.1 Å². The minimum atomic E-state index is -0.464. The number of nitrogens with zero attached hydrogens (tertiary/aromatic N) is 2. The van der Waals surface area contributed by atoms with Crippen molar-refractivity contribution >= 4 is 17.4 Å². The number of piperidine rings is 1. The van der Waals surface area contributed by atoms with Crippen LogP contribution in [0, 0.1) is 0 Å². The quantitative estimate of drug-likeness (QED) is 0.858. The standard InChI is InChI=1S/C15H24N2O3S/c1-14(2,3)20-13(18)17-7-5-6-15(4,10-17)19-9-12-8-16-11-21-12/h8,11H,5-7,9-10H2,1-4H3. The molecule has 1 aromatic heterocycles. The Morgan fingerprint density at radius 3 is 2.90 bits per heavy atom. The number of thiazole rings is 1. The molecule has 0 spiro atoms. The first kappa shape index (κ1) is 16.2. The minimum Gasteiger partial charge on any atom is -0.444 e. The highest BCUT2D eigenvalue weighted by Crippen LogP contribution is 2.27. The van der Waals surface area contributed by atoms with Crippen LogP contribution in [0.3, 0.4) is 0 Å². The Kier molecular flexibility index (Phi) is 4.88. The van der Waals surface area contributed by atoms with Gasteiger partial charge in [0, 0.05) is 12.7 Å². The summed E-state index contributed by atoms with van der Waals surface area (Å²) in [5.74, 6) is 0. The molecule has 1 aliphatic rings. The Labute approximate surface area is 130 Å². The number of ether oxygens (including phenoxy) is 2. The van der Waals surface area contributed by atoms with E-state index in [9.17, 15) is 4.79 Å². The van der Waals surface area contributed by atoms with Crippen LogP contribution < -0.4 is 0 Å². The van der Waals surface area contributed by atoms with Gasteiger partial charge in [-0.3, -0.25) is 4.98 Å². The SMILES string of the molecule is CC(C)(C)OC(=O)N1CCCC(C)(OCc2cncs2)C1. The van der Waals surface area contributed by atoms with Crippen LogP contribution in [0.4, 0.5) is 4.79 Å². The molecule has 2 heterocycles. The highest BCUT2D eigenvalue weighted by atomic mass is 32.1. The van der Waals surface area contributed by atoms with E-state index < -0.39 is 5.60 Å². The lowest BCUT2D eigenvalue weighted by Crippen LogP contribution is -2.51. The molecule has 1 amide bonds. The predicted molar refractivity (Wildman–Crippen MR) is 82.3 cm³/mol. The first-order valence-electron chi connectivity index (χ1n) is 7.27. The second-order valence-electron chi connectivity index (χ2n) is 6.71. The monoisotopic (exact) mass is 312 g/mol. The zero-order valence-electron chi connectivity index (χ0n) is 13.2. The number of aromatic nitrogens is 1. The zero-order chi connectivity index (χ0) is 15.5. The van der Waals surface area contributed by atoms with Crippen LogP contribution in [0.15, 0.2) is 11.7 Å². The van der Waals surface area contributed by atoms with E-state index in [-0.39, 0.29) is 11.7 Å². The van der Waals surface area contributed by atoms with E-state index in [0.717, 1.165) is 24.3 Å². The molecule has 0 bridgehead atoms. The molecule has 1 unspecified atom stereocenters. The second kappa shape index (κ2) is 6.32. The summed E-state index contributed by atoms with van der Waals surface area (Å²) in [6.07, 6.45) is 3.45. The fourth-order valence-corrected chi connectivity index (χ4v) is 2.87. The second-order valence-corrected chi connectivity index (χ2v) is 7.68. The van der Waals surface area contributed by atoms with E-state index in [1.165, 1.54) is 0 Å². The lowest BCUT2D eigenvalue weighted by Gasteiger charge is -2.40. The summed E-state index contributed by atoms with van der Waals surface area (Å²) in [4.78, 5) is 19.1. The van der Waals surface area contributed by atoms with Crippen LogP contribution in [0.5, 0.6) is 0 Å². The van der Waals surface area contributed by atoms with E-state index in [2.05, 4.69) is 11.9 Å². The Balaban J connectivity index is 1.91. The summed E-state index contributed by atoms with van der Waals surface area (Å²) in [5, 5.41) is 0. The average molecular weight is 312 g/mol. The lowest BCUT2D eigenvalue weighted by molar-refractivity contribution is -0.0872. The Hall–Kier alpha value is -1.14. The number of rotatable bonds is 3. The number of hydrogen-bond donors (Lipinski definition) is 0. The van der Waals surface area contributed by atoms with Crippen molar-refractivity contribution in [3.05, 3.63) is 16.6 Å². The van der Waals surface area contributed by atoms with Crippen molar-refractivity contribution in [2.75, 3.05) is 13.1 Å². The molecule has 1 saturated heterocycles. The number of amides is 1. The molecule has 2 rings (SSSR count). The first-order valence-corrected chi connectivity index (χ1v) is 8.15. The molecule has 0 radical (unpaired) electrons. The molecule has 1 aliphatic heterocycles. The van der Waals surface area contributed by atoms with Crippen LogP contribution in [0.25, 0.3) is 0 Å². The van der Waals surface area contributed by atoms with Gasteiger partial charge >= 0.3 is 6.09 Å². The van der Waals surface area contributed by atoms with E-state index >= 15 is 0 Å². The van der Waals surface area contributed by atoms with Gasteiger partial charge in [0.15, 0.2) is 0 Å². The minimum absolute atomic E-state index is 0.255. The molecule has 0 saturated carbocycles. The summed E-state index contributed by atoms with van der Waals surface area (Å²) < 4.78 is 11.5. The van der Waals surface area contributed by atoms with Crippen LogP contribution in [0.2, 0.25) is 0 Å². The molecule has 21 heavy (non-hydrogen) atoms. The fourth-order valence-electron chi connectivity index (χ4n) is 2.36. The Morgan fingerprint density at radius 1 is 1.52 bits per heavy atom. The van der Waals surface area contributed by atoms with Gasteiger partial charge in [-0.1, -0.05) is 0 Å². The first-order chi connectivity index (χ1) is 9.77. The lowest BCUT2D eigenvalue weighted by atomic mass is 9.95. The van der Waals surface area contributed by atoms with Gasteiger partial charge in [0.2, 0.25) is 0 Å². The normalized spacial score (nSPS) is 23.1. The van der Waals surface area contributed by atoms with Crippen molar-refractivity contribution in [3.8, 4) is 0 Å². The van der Waals surface area contributed by atoms with Crippen molar-refractivity contribution in [3.63, 3.8) is 0 Å². The molecular weight excluding hydrogens is 288 g/mol. The fraction of sp³-hybridized carbons (Fsp3) is 0.733. The van der Waals surface area contributed by atoms with Crippen molar-refractivity contribution in [1.29, 1.82) is 0 Å². The summed E-state index contributed by atoms with van der Waals surface area (Å²) in [6.45, 7) is 9.56. The summed E-state index contributed by atoms with van der Waals surface area (Å²) in [5.41, 5.74) is 1.02. The van der Waals surface area contributed by atoms with Crippen LogP contribution >= 0.6 is 11.3 Å². The van der Waals surface area contributed by atoms with Gasteiger partial charge in [-0.15, -0.1) is 11.3 Å². The molecule has 118 valence electrons. The van der Waals surface area contributed by atoms with E-state index in [1.807, 2.05) is 27.0 Å². The number of carbonyl (C=O) groups excluding carboxylic acids is 1. The average Bonchev–Trinajstić information content (AvgIpc) is 2.88. The van der Waals surface area contributed by atoms with Gasteiger partial charge in [0.1, 0.15) is 5.60 Å². The summed E-state index contributed by atoms with van der Waals surface area (Å²) in [7, 11) is 0. The van der Waals surface area contributed by atoms with Gasteiger partial charge < -0.3 is 14.4 Å². The molecule has 5 nitrogen and oxygen atoms in total. The van der Waals surface area contributed by atoms with Crippen molar-refractivity contribution in [2.24, 2.45) is 0 Å². The smallest absolute Gasteiger partial charge is 0.410 e. The Morgan fingerprint density at radius 2 is 2.29 bits per heavy atom. The zero-order valence-corrected chi connectivity index (χ0v) is 14.0. The summed E-state index contributed by atoms with van der Waals surface area (Å²) >= 11 is 1.58. The number of carbonyl (C=O) groups is 1. The molecule has 0 aliphatic carbocycles. The number of hydrogen-bond acceptors (Lipinski definition) is 5. The highest BCUT2D eigenvalue weighted by molar-refractivity contribution is 7.09. The maximum Gasteiger partial charge on any atom is 0.410 e. The van der Waals surface area contributed by atoms with Crippen LogP contribution in [-0.4, -0.2) is 40.3 Å². The molecule has 0 N–H and O–H groups in total. The van der Waals surface area contributed by atoms with E-state index in [4.69, 9.17) is 9.47 Å². The van der Waals surface area contributed by atoms with Gasteiger partial charge in [0.05, 0.1) is 29.1 Å². The van der Waals surface area contributed by atoms with E-state index in [0.29, 0.717) is 13.2 Å². The molecular formula is C15H24N2O3S. The Bertz CT molecular complexity index is 470. The van der Waals surface area contributed by atoms with Crippen molar-refractivity contribution in [1.82, 2.24) is 9.88 Å². The largest absolute Gasteiger partial charge is 0.444 e. The molecule has 1 aromatic rings. The van der Waals surface area contributed by atoms with Crippen LogP contribution in [0.1, 0.15) is 45.4 Å². The molecule has 0 aromatic carbocycles. The number of likely N-dealkylation sites (tertiary alicyclic amines) is 1. The van der Waals surface area contributed by atoms with Crippen molar-refractivity contribution in [2.45, 2.75) is 58.3 Å². The third-order valence-corrected chi connectivity index (χ3v) is 4.11. The maximum atomic E-state index is 12.2. The van der Waals surface area contributed by atoms with Gasteiger partial charge in [-0.05, 0) is 40.5 Å². The third kappa shape index (κ3) is 4.97. The van der Waals surface area contributed by atoms with Crippen molar-refractivity contribution < 1.29 is 14.3 Å².